The minimum atomic E-state index is -0.424. The molecule has 0 unspecified atom stereocenters. The highest BCUT2D eigenvalue weighted by molar-refractivity contribution is 5.94. The quantitative estimate of drug-likeness (QED) is 0.802. The number of carbonyl (C=O) groups is 1. The average Bonchev–Trinajstić information content (AvgIpc) is 2.56. The zero-order valence-electron chi connectivity index (χ0n) is 10.0. The Balaban J connectivity index is 2.17. The van der Waals surface area contributed by atoms with Gasteiger partial charge < -0.3 is 10.2 Å². The highest BCUT2D eigenvalue weighted by Crippen LogP contribution is 2.13. The summed E-state index contributed by atoms with van der Waals surface area (Å²) in [5, 5.41) is 3.22. The van der Waals surface area contributed by atoms with Gasteiger partial charge in [0, 0.05) is 19.6 Å². The number of aryl methyl sites for hydroxylation is 1. The summed E-state index contributed by atoms with van der Waals surface area (Å²) in [7, 11) is 0. The number of hydrogen-bond acceptors (Lipinski definition) is 2. The molecule has 4 heteroatoms. The molecule has 1 aromatic carbocycles. The molecule has 1 aliphatic heterocycles. The largest absolute Gasteiger partial charge is 0.337 e. The fraction of sp³-hybridized carbons (Fsp3) is 0.462. The number of benzene rings is 1. The van der Waals surface area contributed by atoms with Crippen molar-refractivity contribution in [2.75, 3.05) is 26.2 Å². The van der Waals surface area contributed by atoms with Crippen LogP contribution in [0.25, 0.3) is 0 Å². The van der Waals surface area contributed by atoms with Gasteiger partial charge in [-0.15, -0.1) is 0 Å². The van der Waals surface area contributed by atoms with Gasteiger partial charge in [-0.3, -0.25) is 4.79 Å². The minimum Gasteiger partial charge on any atom is -0.337 e. The van der Waals surface area contributed by atoms with Crippen LogP contribution in [0, 0.1) is 12.7 Å². The van der Waals surface area contributed by atoms with E-state index in [-0.39, 0.29) is 11.5 Å². The molecule has 0 atom stereocenters. The maximum absolute atomic E-state index is 13.7. The molecule has 0 saturated carbocycles. The Morgan fingerprint density at radius 3 is 2.94 bits per heavy atom. The second-order valence-corrected chi connectivity index (χ2v) is 4.38. The van der Waals surface area contributed by atoms with Gasteiger partial charge in [0.25, 0.3) is 5.91 Å². The van der Waals surface area contributed by atoms with E-state index < -0.39 is 5.82 Å². The summed E-state index contributed by atoms with van der Waals surface area (Å²) in [6.45, 7) is 4.85. The molecule has 1 N–H and O–H groups in total. The number of halogens is 1. The van der Waals surface area contributed by atoms with Crippen LogP contribution < -0.4 is 5.32 Å². The van der Waals surface area contributed by atoms with Crippen molar-refractivity contribution < 1.29 is 9.18 Å². The van der Waals surface area contributed by atoms with Gasteiger partial charge in [0.1, 0.15) is 5.82 Å². The van der Waals surface area contributed by atoms with Crippen LogP contribution in [-0.2, 0) is 0 Å². The van der Waals surface area contributed by atoms with Gasteiger partial charge >= 0.3 is 0 Å². The van der Waals surface area contributed by atoms with Crippen LogP contribution in [0.1, 0.15) is 22.3 Å². The predicted molar refractivity (Wildman–Crippen MR) is 64.5 cm³/mol. The third-order valence-electron chi connectivity index (χ3n) is 2.98. The molecule has 17 heavy (non-hydrogen) atoms. The van der Waals surface area contributed by atoms with Crippen LogP contribution >= 0.6 is 0 Å². The van der Waals surface area contributed by atoms with E-state index in [4.69, 9.17) is 0 Å². The van der Waals surface area contributed by atoms with Crippen LogP contribution in [-0.4, -0.2) is 37.0 Å². The Bertz CT molecular complexity index is 412. The van der Waals surface area contributed by atoms with Gasteiger partial charge in [-0.2, -0.15) is 0 Å². The Morgan fingerprint density at radius 2 is 2.18 bits per heavy atom. The van der Waals surface area contributed by atoms with Crippen molar-refractivity contribution in [1.29, 1.82) is 0 Å². The lowest BCUT2D eigenvalue weighted by Gasteiger charge is -2.20. The van der Waals surface area contributed by atoms with E-state index in [1.54, 1.807) is 17.0 Å². The summed E-state index contributed by atoms with van der Waals surface area (Å²) in [5.41, 5.74) is 1.01. The van der Waals surface area contributed by atoms with Gasteiger partial charge in [-0.1, -0.05) is 6.07 Å². The van der Waals surface area contributed by atoms with E-state index in [0.29, 0.717) is 13.1 Å². The number of nitrogens with zero attached hydrogens (tertiary/aromatic N) is 1. The standard InChI is InChI=1S/C13H17FN2O/c1-10-3-4-11(12(14)9-10)13(17)16-7-2-5-15-6-8-16/h3-4,9,15H,2,5-8H2,1H3. The molecule has 3 nitrogen and oxygen atoms in total. The molecule has 0 radical (unpaired) electrons. The Hall–Kier alpha value is -1.42. The first-order valence-electron chi connectivity index (χ1n) is 5.94. The summed E-state index contributed by atoms with van der Waals surface area (Å²) >= 11 is 0. The number of amides is 1. The van der Waals surface area contributed by atoms with Gasteiger partial charge in [-0.05, 0) is 37.6 Å². The maximum Gasteiger partial charge on any atom is 0.256 e. The molecular formula is C13H17FN2O. The molecule has 1 aromatic rings. The maximum atomic E-state index is 13.7. The Kier molecular flexibility index (Phi) is 3.74. The van der Waals surface area contributed by atoms with Crippen molar-refractivity contribution in [3.8, 4) is 0 Å². The fourth-order valence-electron chi connectivity index (χ4n) is 2.01. The predicted octanol–water partition coefficient (Wildman–Crippen LogP) is 1.57. The van der Waals surface area contributed by atoms with Crippen molar-refractivity contribution in [2.24, 2.45) is 0 Å². The molecule has 1 fully saturated rings. The Morgan fingerprint density at radius 1 is 1.35 bits per heavy atom. The molecule has 0 spiro atoms. The number of carbonyl (C=O) groups excluding carboxylic acids is 1. The lowest BCUT2D eigenvalue weighted by atomic mass is 10.1. The van der Waals surface area contributed by atoms with Crippen molar-refractivity contribution in [2.45, 2.75) is 13.3 Å². The van der Waals surface area contributed by atoms with Crippen LogP contribution in [0.4, 0.5) is 4.39 Å². The smallest absolute Gasteiger partial charge is 0.256 e. The molecule has 1 saturated heterocycles. The molecule has 92 valence electrons. The second-order valence-electron chi connectivity index (χ2n) is 4.38. The van der Waals surface area contributed by atoms with Gasteiger partial charge in [0.15, 0.2) is 0 Å². The van der Waals surface area contributed by atoms with Crippen molar-refractivity contribution in [3.05, 3.63) is 35.1 Å². The monoisotopic (exact) mass is 236 g/mol. The zero-order chi connectivity index (χ0) is 12.3. The highest BCUT2D eigenvalue weighted by Gasteiger charge is 2.19. The van der Waals surface area contributed by atoms with Gasteiger partial charge in [0.2, 0.25) is 0 Å². The minimum absolute atomic E-state index is 0.178. The summed E-state index contributed by atoms with van der Waals surface area (Å²) in [6.07, 6.45) is 0.916. The first kappa shape index (κ1) is 12.0. The third kappa shape index (κ3) is 2.82. The van der Waals surface area contributed by atoms with E-state index in [1.807, 2.05) is 6.92 Å². The van der Waals surface area contributed by atoms with Gasteiger partial charge in [0.05, 0.1) is 5.56 Å². The number of hydrogen-bond donors (Lipinski definition) is 1. The summed E-state index contributed by atoms with van der Waals surface area (Å²) < 4.78 is 13.7. The molecule has 0 bridgehead atoms. The fourth-order valence-corrected chi connectivity index (χ4v) is 2.01. The lowest BCUT2D eigenvalue weighted by Crippen LogP contribution is -2.34. The lowest BCUT2D eigenvalue weighted by molar-refractivity contribution is 0.0761. The first-order chi connectivity index (χ1) is 8.18. The average molecular weight is 236 g/mol. The number of rotatable bonds is 1. The first-order valence-corrected chi connectivity index (χ1v) is 5.94. The normalized spacial score (nSPS) is 16.7. The van der Waals surface area contributed by atoms with Crippen molar-refractivity contribution in [1.82, 2.24) is 10.2 Å². The molecule has 2 rings (SSSR count). The third-order valence-corrected chi connectivity index (χ3v) is 2.98. The zero-order valence-corrected chi connectivity index (χ0v) is 10.0. The van der Waals surface area contributed by atoms with Crippen LogP contribution in [0.15, 0.2) is 18.2 Å². The summed E-state index contributed by atoms with van der Waals surface area (Å²) in [5.74, 6) is -0.626. The van der Waals surface area contributed by atoms with Gasteiger partial charge in [-0.25, -0.2) is 4.39 Å². The highest BCUT2D eigenvalue weighted by atomic mass is 19.1. The Labute approximate surface area is 101 Å². The topological polar surface area (TPSA) is 32.3 Å². The van der Waals surface area contributed by atoms with E-state index in [2.05, 4.69) is 5.32 Å². The van der Waals surface area contributed by atoms with Crippen LogP contribution in [0.2, 0.25) is 0 Å². The molecule has 1 amide bonds. The molecule has 0 aliphatic carbocycles. The molecular weight excluding hydrogens is 219 g/mol. The van der Waals surface area contributed by atoms with E-state index in [9.17, 15) is 9.18 Å². The number of nitrogens with one attached hydrogen (secondary N) is 1. The molecule has 1 heterocycles. The van der Waals surface area contributed by atoms with Crippen molar-refractivity contribution in [3.63, 3.8) is 0 Å². The second kappa shape index (κ2) is 5.27. The van der Waals surface area contributed by atoms with E-state index in [1.165, 1.54) is 6.07 Å². The SMILES string of the molecule is Cc1ccc(C(=O)N2CCCNCC2)c(F)c1. The molecule has 0 aromatic heterocycles. The summed E-state index contributed by atoms with van der Waals surface area (Å²) in [6, 6.07) is 4.75. The van der Waals surface area contributed by atoms with Crippen LogP contribution in [0.3, 0.4) is 0 Å². The van der Waals surface area contributed by atoms with Crippen molar-refractivity contribution >= 4 is 5.91 Å². The van der Waals surface area contributed by atoms with E-state index in [0.717, 1.165) is 25.1 Å². The van der Waals surface area contributed by atoms with E-state index >= 15 is 0 Å². The molecule has 1 aliphatic rings. The van der Waals surface area contributed by atoms with Crippen LogP contribution in [0.5, 0.6) is 0 Å². The summed E-state index contributed by atoms with van der Waals surface area (Å²) in [4.78, 5) is 13.9.